The van der Waals surface area contributed by atoms with Crippen LogP contribution < -0.4 is 14.2 Å². The fraction of sp³-hybridized carbons (Fsp3) is 0.167. The Labute approximate surface area is 129 Å². The van der Waals surface area contributed by atoms with Gasteiger partial charge in [-0.05, 0) is 35.9 Å². The van der Waals surface area contributed by atoms with Gasteiger partial charge in [-0.2, -0.15) is 0 Å². The molecule has 0 aliphatic carbocycles. The maximum Gasteiger partial charge on any atom is 0.189 e. The van der Waals surface area contributed by atoms with E-state index >= 15 is 0 Å². The van der Waals surface area contributed by atoms with Crippen molar-refractivity contribution in [1.82, 2.24) is 0 Å². The molecular formula is C18H18O4. The topological polar surface area (TPSA) is 44.8 Å². The van der Waals surface area contributed by atoms with E-state index < -0.39 is 0 Å². The van der Waals surface area contributed by atoms with Gasteiger partial charge in [0.15, 0.2) is 17.3 Å². The third kappa shape index (κ3) is 3.47. The van der Waals surface area contributed by atoms with Crippen LogP contribution in [0.15, 0.2) is 48.5 Å². The molecule has 4 nitrogen and oxygen atoms in total. The number of hydrogen-bond acceptors (Lipinski definition) is 4. The van der Waals surface area contributed by atoms with Crippen LogP contribution in [0.25, 0.3) is 6.08 Å². The quantitative estimate of drug-likeness (QED) is 0.603. The van der Waals surface area contributed by atoms with Crippen molar-refractivity contribution in [2.45, 2.75) is 0 Å². The molecule has 0 unspecified atom stereocenters. The summed E-state index contributed by atoms with van der Waals surface area (Å²) in [5.74, 6) is 1.60. The van der Waals surface area contributed by atoms with Crippen LogP contribution in [0.3, 0.4) is 0 Å². The Morgan fingerprint density at radius 2 is 1.64 bits per heavy atom. The molecule has 0 saturated heterocycles. The molecule has 2 aromatic carbocycles. The Balaban J connectivity index is 2.23. The van der Waals surface area contributed by atoms with Gasteiger partial charge in [-0.25, -0.2) is 0 Å². The zero-order valence-electron chi connectivity index (χ0n) is 12.8. The largest absolute Gasteiger partial charge is 0.497 e. The lowest BCUT2D eigenvalue weighted by atomic mass is 10.1. The van der Waals surface area contributed by atoms with Gasteiger partial charge in [-0.3, -0.25) is 4.79 Å². The van der Waals surface area contributed by atoms with E-state index in [1.807, 2.05) is 24.3 Å². The molecule has 2 rings (SSSR count). The molecule has 0 aromatic heterocycles. The summed E-state index contributed by atoms with van der Waals surface area (Å²) in [6, 6.07) is 12.7. The first-order valence-electron chi connectivity index (χ1n) is 6.77. The lowest BCUT2D eigenvalue weighted by molar-refractivity contribution is 0.104. The monoisotopic (exact) mass is 298 g/mol. The van der Waals surface area contributed by atoms with Crippen molar-refractivity contribution in [3.63, 3.8) is 0 Å². The summed E-state index contributed by atoms with van der Waals surface area (Å²) in [7, 11) is 4.67. The van der Waals surface area contributed by atoms with Crippen molar-refractivity contribution in [3.8, 4) is 17.2 Å². The molecule has 0 radical (unpaired) electrons. The van der Waals surface area contributed by atoms with Crippen LogP contribution >= 0.6 is 0 Å². The van der Waals surface area contributed by atoms with Crippen molar-refractivity contribution < 1.29 is 19.0 Å². The van der Waals surface area contributed by atoms with Gasteiger partial charge in [-0.1, -0.05) is 24.3 Å². The van der Waals surface area contributed by atoms with Crippen LogP contribution in [0.1, 0.15) is 15.9 Å². The highest BCUT2D eigenvalue weighted by Gasteiger charge is 2.13. The van der Waals surface area contributed by atoms with Gasteiger partial charge >= 0.3 is 0 Å². The number of para-hydroxylation sites is 1. The van der Waals surface area contributed by atoms with Crippen molar-refractivity contribution in [2.24, 2.45) is 0 Å². The molecule has 22 heavy (non-hydrogen) atoms. The molecule has 0 bridgehead atoms. The average molecular weight is 298 g/mol. The summed E-state index contributed by atoms with van der Waals surface area (Å²) in [5, 5.41) is 0. The zero-order valence-corrected chi connectivity index (χ0v) is 12.8. The molecule has 0 N–H and O–H groups in total. The van der Waals surface area contributed by atoms with Crippen molar-refractivity contribution >= 4 is 11.9 Å². The Hall–Kier alpha value is -2.75. The fourth-order valence-corrected chi connectivity index (χ4v) is 2.06. The molecule has 0 aliphatic rings. The molecule has 2 aromatic rings. The maximum atomic E-state index is 12.3. The maximum absolute atomic E-state index is 12.3. The van der Waals surface area contributed by atoms with E-state index in [-0.39, 0.29) is 5.78 Å². The summed E-state index contributed by atoms with van der Waals surface area (Å²) < 4.78 is 15.6. The van der Waals surface area contributed by atoms with E-state index in [2.05, 4.69) is 0 Å². The van der Waals surface area contributed by atoms with Gasteiger partial charge in [0.2, 0.25) is 0 Å². The first kappa shape index (κ1) is 15.6. The average Bonchev–Trinajstić information content (AvgIpc) is 2.59. The second-order valence-electron chi connectivity index (χ2n) is 4.51. The van der Waals surface area contributed by atoms with E-state index in [0.717, 1.165) is 11.3 Å². The highest BCUT2D eigenvalue weighted by atomic mass is 16.5. The van der Waals surface area contributed by atoms with Gasteiger partial charge in [0.1, 0.15) is 5.75 Å². The Morgan fingerprint density at radius 3 is 2.23 bits per heavy atom. The highest BCUT2D eigenvalue weighted by molar-refractivity contribution is 6.09. The van der Waals surface area contributed by atoms with Crippen LogP contribution in [-0.4, -0.2) is 27.1 Å². The third-order valence-electron chi connectivity index (χ3n) is 3.21. The molecule has 0 amide bonds. The predicted octanol–water partition coefficient (Wildman–Crippen LogP) is 3.61. The third-order valence-corrected chi connectivity index (χ3v) is 3.21. The lowest BCUT2D eigenvalue weighted by Gasteiger charge is -2.10. The standard InChI is InChI=1S/C18H18O4/c1-20-14-10-7-13(8-11-14)9-12-16(19)15-5-4-6-17(21-2)18(15)22-3/h4-12H,1-3H3/b12-9+. The summed E-state index contributed by atoms with van der Waals surface area (Å²) >= 11 is 0. The van der Waals surface area contributed by atoms with E-state index in [1.165, 1.54) is 13.2 Å². The van der Waals surface area contributed by atoms with Crippen LogP contribution in [0.4, 0.5) is 0 Å². The number of carbonyl (C=O) groups is 1. The van der Waals surface area contributed by atoms with Crippen LogP contribution in [0, 0.1) is 0 Å². The van der Waals surface area contributed by atoms with E-state index in [4.69, 9.17) is 14.2 Å². The van der Waals surface area contributed by atoms with Gasteiger partial charge in [0.05, 0.1) is 26.9 Å². The van der Waals surface area contributed by atoms with Crippen molar-refractivity contribution in [1.29, 1.82) is 0 Å². The smallest absolute Gasteiger partial charge is 0.189 e. The van der Waals surface area contributed by atoms with E-state index in [9.17, 15) is 4.79 Å². The summed E-state index contributed by atoms with van der Waals surface area (Å²) in [6.07, 6.45) is 3.26. The van der Waals surface area contributed by atoms with E-state index in [1.54, 1.807) is 38.5 Å². The van der Waals surface area contributed by atoms with Gasteiger partial charge in [0, 0.05) is 0 Å². The molecular weight excluding hydrogens is 280 g/mol. The van der Waals surface area contributed by atoms with Crippen molar-refractivity contribution in [2.75, 3.05) is 21.3 Å². The normalized spacial score (nSPS) is 10.5. The minimum atomic E-state index is -0.147. The Bertz CT molecular complexity index is 672. The number of carbonyl (C=O) groups excluding carboxylic acids is 1. The predicted molar refractivity (Wildman–Crippen MR) is 85.9 cm³/mol. The molecule has 0 fully saturated rings. The summed E-state index contributed by atoms with van der Waals surface area (Å²) in [4.78, 5) is 12.3. The number of ketones is 1. The van der Waals surface area contributed by atoms with E-state index in [0.29, 0.717) is 17.1 Å². The number of ether oxygens (including phenoxy) is 3. The van der Waals surface area contributed by atoms with Crippen molar-refractivity contribution in [3.05, 3.63) is 59.7 Å². The first-order valence-corrected chi connectivity index (χ1v) is 6.77. The first-order chi connectivity index (χ1) is 10.7. The number of hydrogen-bond donors (Lipinski definition) is 0. The second kappa shape index (κ2) is 7.31. The number of allylic oxidation sites excluding steroid dienone is 1. The summed E-state index contributed by atoms with van der Waals surface area (Å²) in [6.45, 7) is 0. The summed E-state index contributed by atoms with van der Waals surface area (Å²) in [5.41, 5.74) is 1.38. The van der Waals surface area contributed by atoms with Crippen LogP contribution in [-0.2, 0) is 0 Å². The lowest BCUT2D eigenvalue weighted by Crippen LogP contribution is -2.01. The number of benzene rings is 2. The number of rotatable bonds is 6. The molecule has 0 aliphatic heterocycles. The molecule has 114 valence electrons. The molecule has 4 heteroatoms. The minimum Gasteiger partial charge on any atom is -0.497 e. The highest BCUT2D eigenvalue weighted by Crippen LogP contribution is 2.31. The van der Waals surface area contributed by atoms with Crippen LogP contribution in [0.2, 0.25) is 0 Å². The van der Waals surface area contributed by atoms with Crippen LogP contribution in [0.5, 0.6) is 17.2 Å². The second-order valence-corrected chi connectivity index (χ2v) is 4.51. The molecule has 0 heterocycles. The Kier molecular flexibility index (Phi) is 5.20. The van der Waals surface area contributed by atoms with Gasteiger partial charge < -0.3 is 14.2 Å². The molecule has 0 atom stereocenters. The van der Waals surface area contributed by atoms with Gasteiger partial charge in [-0.15, -0.1) is 0 Å². The zero-order chi connectivity index (χ0) is 15.9. The SMILES string of the molecule is COc1ccc(/C=C/C(=O)c2cccc(OC)c2OC)cc1. The Morgan fingerprint density at radius 1 is 0.909 bits per heavy atom. The molecule has 0 spiro atoms. The van der Waals surface area contributed by atoms with Gasteiger partial charge in [0.25, 0.3) is 0 Å². The fourth-order valence-electron chi connectivity index (χ4n) is 2.06. The minimum absolute atomic E-state index is 0.147. The number of methoxy groups -OCH3 is 3. The molecule has 0 saturated carbocycles.